The highest BCUT2D eigenvalue weighted by Gasteiger charge is 2.42. The van der Waals surface area contributed by atoms with E-state index in [2.05, 4.69) is 14.3 Å². The molecule has 0 radical (unpaired) electrons. The smallest absolute Gasteiger partial charge is 0.149 e. The molecule has 0 saturated carbocycles. The van der Waals surface area contributed by atoms with Gasteiger partial charge in [0.1, 0.15) is 15.8 Å². The Kier molecular flexibility index (Phi) is 3.16. The molecule has 0 aliphatic carbocycles. The molecule has 4 rings (SSSR count). The van der Waals surface area contributed by atoms with Crippen LogP contribution in [0.3, 0.4) is 0 Å². The molecule has 2 bridgehead atoms. The zero-order valence-electron chi connectivity index (χ0n) is 11.8. The average molecular weight is 322 g/mol. The molecule has 112 valence electrons. The fourth-order valence-corrected chi connectivity index (χ4v) is 5.50. The zero-order valence-corrected chi connectivity index (χ0v) is 13.5. The number of aryl methyl sites for hydroxylation is 1. The summed E-state index contributed by atoms with van der Waals surface area (Å²) in [5.74, 6) is 0.579. The Morgan fingerprint density at radius 1 is 1.33 bits per heavy atom. The number of fused-ring (bicyclic) bond motifs is 2. The number of rotatable bonds is 2. The van der Waals surface area contributed by atoms with Crippen LogP contribution >= 0.6 is 22.9 Å². The van der Waals surface area contributed by atoms with Gasteiger partial charge in [0.2, 0.25) is 0 Å². The maximum atomic E-state index is 9.98. The third-order valence-electron chi connectivity index (χ3n) is 4.48. The molecule has 0 aromatic carbocycles. The first kappa shape index (κ1) is 13.5. The van der Waals surface area contributed by atoms with Crippen LogP contribution in [0.2, 0.25) is 0 Å². The number of nitrogens with zero attached hydrogens (tertiary/aromatic N) is 3. The highest BCUT2D eigenvalue weighted by Crippen LogP contribution is 2.47. The van der Waals surface area contributed by atoms with Gasteiger partial charge in [-0.2, -0.15) is 4.37 Å². The number of anilines is 2. The lowest BCUT2D eigenvalue weighted by Crippen LogP contribution is -2.44. The van der Waals surface area contributed by atoms with E-state index in [1.165, 1.54) is 11.5 Å². The number of thiazole rings is 1. The average Bonchev–Trinajstić information content (AvgIpc) is 3.07. The number of aliphatic hydroxyl groups is 1. The molecule has 3 N–H and O–H groups in total. The van der Waals surface area contributed by atoms with E-state index in [1.807, 2.05) is 12.3 Å². The van der Waals surface area contributed by atoms with E-state index in [9.17, 15) is 5.11 Å². The predicted octanol–water partition coefficient (Wildman–Crippen LogP) is 2.65. The van der Waals surface area contributed by atoms with Gasteiger partial charge in [-0.25, -0.2) is 4.98 Å². The molecule has 2 unspecified atom stereocenters. The number of hydrogen-bond acceptors (Lipinski definition) is 7. The molecule has 21 heavy (non-hydrogen) atoms. The van der Waals surface area contributed by atoms with Gasteiger partial charge in [0.05, 0.1) is 11.7 Å². The monoisotopic (exact) mass is 322 g/mol. The Balaban J connectivity index is 1.77. The van der Waals surface area contributed by atoms with Crippen molar-refractivity contribution in [2.45, 2.75) is 50.8 Å². The van der Waals surface area contributed by atoms with Crippen molar-refractivity contribution in [3.63, 3.8) is 0 Å². The predicted molar refractivity (Wildman–Crippen MR) is 86.9 cm³/mol. The molecule has 2 aromatic heterocycles. The third kappa shape index (κ3) is 2.15. The maximum absolute atomic E-state index is 9.98. The minimum atomic E-state index is -0.158. The van der Waals surface area contributed by atoms with Crippen LogP contribution in [-0.4, -0.2) is 32.7 Å². The Hall–Kier alpha value is -1.18. The normalized spacial score (nSPS) is 28.3. The Morgan fingerprint density at radius 3 is 2.67 bits per heavy atom. The van der Waals surface area contributed by atoms with Gasteiger partial charge in [-0.1, -0.05) is 0 Å². The second-order valence-electron chi connectivity index (χ2n) is 5.96. The van der Waals surface area contributed by atoms with Crippen LogP contribution in [0, 0.1) is 6.92 Å². The van der Waals surface area contributed by atoms with E-state index in [-0.39, 0.29) is 6.10 Å². The summed E-state index contributed by atoms with van der Waals surface area (Å²) in [4.78, 5) is 7.04. The summed E-state index contributed by atoms with van der Waals surface area (Å²) in [7, 11) is 0. The molecule has 4 heterocycles. The summed E-state index contributed by atoms with van der Waals surface area (Å²) in [5, 5.41) is 14.1. The first-order chi connectivity index (χ1) is 10.1. The van der Waals surface area contributed by atoms with Gasteiger partial charge in [0.25, 0.3) is 0 Å². The first-order valence-corrected chi connectivity index (χ1v) is 8.93. The molecule has 2 fully saturated rings. The lowest BCUT2D eigenvalue weighted by molar-refractivity contribution is 0.126. The summed E-state index contributed by atoms with van der Waals surface area (Å²) >= 11 is 3.09. The Bertz CT molecular complexity index is 654. The highest BCUT2D eigenvalue weighted by atomic mass is 32.1. The van der Waals surface area contributed by atoms with Crippen LogP contribution < -0.4 is 10.6 Å². The summed E-state index contributed by atoms with van der Waals surface area (Å²) in [6.45, 7) is 2.00. The van der Waals surface area contributed by atoms with Crippen molar-refractivity contribution in [2.24, 2.45) is 0 Å². The lowest BCUT2D eigenvalue weighted by atomic mass is 10.00. The molecular formula is C14H18N4OS2. The van der Waals surface area contributed by atoms with Crippen LogP contribution in [0.15, 0.2) is 5.38 Å². The second-order valence-corrected chi connectivity index (χ2v) is 7.57. The molecule has 7 heteroatoms. The minimum absolute atomic E-state index is 0.158. The first-order valence-electron chi connectivity index (χ1n) is 7.27. The molecule has 2 aliphatic rings. The Morgan fingerprint density at radius 2 is 2.05 bits per heavy atom. The van der Waals surface area contributed by atoms with Crippen molar-refractivity contribution in [1.29, 1.82) is 0 Å². The number of nitrogen functional groups attached to an aromatic ring is 1. The minimum Gasteiger partial charge on any atom is -0.393 e. The molecule has 2 atom stereocenters. The zero-order chi connectivity index (χ0) is 14.6. The topological polar surface area (TPSA) is 75.3 Å². The second kappa shape index (κ2) is 4.93. The van der Waals surface area contributed by atoms with E-state index in [0.717, 1.165) is 46.9 Å². The van der Waals surface area contributed by atoms with Crippen molar-refractivity contribution >= 4 is 33.7 Å². The number of hydrogen-bond donors (Lipinski definition) is 2. The molecule has 2 aromatic rings. The van der Waals surface area contributed by atoms with Gasteiger partial charge in [-0.3, -0.25) is 0 Å². The van der Waals surface area contributed by atoms with Crippen LogP contribution in [-0.2, 0) is 0 Å². The molecular weight excluding hydrogens is 304 g/mol. The SMILES string of the molecule is Cc1csc(-c2c(N)nsc2N2C3CCC2CC(O)C3)n1. The van der Waals surface area contributed by atoms with E-state index < -0.39 is 0 Å². The fraction of sp³-hybridized carbons (Fsp3) is 0.571. The van der Waals surface area contributed by atoms with Gasteiger partial charge in [0, 0.05) is 23.2 Å². The standard InChI is InChI=1S/C14H18N4OS2/c1-7-6-20-13(16-7)11-12(15)17-21-14(11)18-8-2-3-9(18)5-10(19)4-8/h6,8-10,19H,2-5H2,1H3,(H2,15,17). The number of aliphatic hydroxyl groups excluding tert-OH is 1. The summed E-state index contributed by atoms with van der Waals surface area (Å²) in [6.07, 6.45) is 3.84. The highest BCUT2D eigenvalue weighted by molar-refractivity contribution is 7.15. The van der Waals surface area contributed by atoms with Crippen molar-refractivity contribution in [3.05, 3.63) is 11.1 Å². The lowest BCUT2D eigenvalue weighted by Gasteiger charge is -2.38. The van der Waals surface area contributed by atoms with Gasteiger partial charge in [-0.05, 0) is 44.1 Å². The van der Waals surface area contributed by atoms with Gasteiger partial charge in [-0.15, -0.1) is 11.3 Å². The van der Waals surface area contributed by atoms with E-state index in [0.29, 0.717) is 17.9 Å². The summed E-state index contributed by atoms with van der Waals surface area (Å²) in [5.41, 5.74) is 8.13. The van der Waals surface area contributed by atoms with E-state index in [4.69, 9.17) is 5.73 Å². The molecule has 0 amide bonds. The van der Waals surface area contributed by atoms with Crippen LogP contribution in [0.1, 0.15) is 31.4 Å². The van der Waals surface area contributed by atoms with E-state index >= 15 is 0 Å². The number of nitrogens with two attached hydrogens (primary N) is 1. The summed E-state index contributed by atoms with van der Waals surface area (Å²) in [6, 6.07) is 0.830. The van der Waals surface area contributed by atoms with Crippen molar-refractivity contribution in [2.75, 3.05) is 10.6 Å². The van der Waals surface area contributed by atoms with Gasteiger partial charge < -0.3 is 15.7 Å². The quantitative estimate of drug-likeness (QED) is 0.889. The Labute approximate surface area is 131 Å². The van der Waals surface area contributed by atoms with Crippen LogP contribution in [0.4, 0.5) is 10.8 Å². The number of aromatic nitrogens is 2. The third-order valence-corrected chi connectivity index (χ3v) is 6.33. The van der Waals surface area contributed by atoms with Crippen molar-refractivity contribution < 1.29 is 5.11 Å². The molecule has 5 nitrogen and oxygen atoms in total. The van der Waals surface area contributed by atoms with Crippen LogP contribution in [0.25, 0.3) is 10.6 Å². The largest absolute Gasteiger partial charge is 0.393 e. The van der Waals surface area contributed by atoms with Crippen molar-refractivity contribution in [3.8, 4) is 10.6 Å². The van der Waals surface area contributed by atoms with Crippen LogP contribution in [0.5, 0.6) is 0 Å². The molecule has 0 spiro atoms. The molecule has 2 aliphatic heterocycles. The van der Waals surface area contributed by atoms with Crippen molar-refractivity contribution in [1.82, 2.24) is 9.36 Å². The number of piperidine rings is 1. The van der Waals surface area contributed by atoms with Gasteiger partial charge >= 0.3 is 0 Å². The summed E-state index contributed by atoms with van der Waals surface area (Å²) < 4.78 is 4.38. The fourth-order valence-electron chi connectivity index (χ4n) is 3.62. The molecule has 2 saturated heterocycles. The van der Waals surface area contributed by atoms with E-state index in [1.54, 1.807) is 11.3 Å². The van der Waals surface area contributed by atoms with Gasteiger partial charge in [0.15, 0.2) is 0 Å². The maximum Gasteiger partial charge on any atom is 0.149 e.